The summed E-state index contributed by atoms with van der Waals surface area (Å²) in [5.41, 5.74) is 9.67. The molecule has 2 aromatic heterocycles. The summed E-state index contributed by atoms with van der Waals surface area (Å²) < 4.78 is 37.6. The van der Waals surface area contributed by atoms with Crippen molar-refractivity contribution in [2.45, 2.75) is 64.9 Å². The quantitative estimate of drug-likeness (QED) is 0.0724. The summed E-state index contributed by atoms with van der Waals surface area (Å²) in [7, 11) is 6.48. The lowest BCUT2D eigenvalue weighted by atomic mass is 9.98. The molecule has 17 heteroatoms. The topological polar surface area (TPSA) is 213 Å². The van der Waals surface area contributed by atoms with Crippen LogP contribution in [0.5, 0.6) is 23.0 Å². The predicted octanol–water partition coefficient (Wildman–Crippen LogP) is 4.70. The number of hydrogen-bond donors (Lipinski definition) is 4. The highest BCUT2D eigenvalue weighted by molar-refractivity contribution is 5.88. The van der Waals surface area contributed by atoms with Crippen LogP contribution in [0.2, 0.25) is 0 Å². The van der Waals surface area contributed by atoms with Crippen LogP contribution in [-0.2, 0) is 27.2 Å². The first kappa shape index (κ1) is 53.6. The number of quaternary nitrogens is 1. The van der Waals surface area contributed by atoms with E-state index >= 15 is 0 Å². The number of ether oxygens (including phenoxy) is 5. The standard InChI is InChI=1S/C28H35N3O6.C23H27N3O4.ClH/c1-28(2,3)36-27(33)30-17-7-6-16-29-24(32)18-23-25(19-8-12-21(34-4)13-9-19)26(31-37-23)20-10-14-22(35-5)15-11-20;1-28-18-9-5-16(6-10-18)22-20(15-21(27)25-14-4-3-13-24)30-26-23(22)17-7-11-19(29-2)12-8-17;/h8-15H,6-7,16-18H2,1-5H3,(H,29,32)(H,30,33);5-12H,3-4,13-15,24H2,1-2H3,(H,25,27);1H. The summed E-state index contributed by atoms with van der Waals surface area (Å²) in [6.07, 6.45) is 3.03. The minimum absolute atomic E-state index is 0. The number of halogens is 1. The molecular formula is C51H63ClN6O10. The molecule has 0 unspecified atom stereocenters. The van der Waals surface area contributed by atoms with Crippen LogP contribution in [0.3, 0.4) is 0 Å². The largest absolute Gasteiger partial charge is 1.00 e. The third kappa shape index (κ3) is 16.1. The van der Waals surface area contributed by atoms with Gasteiger partial charge in [0, 0.05) is 30.8 Å². The van der Waals surface area contributed by atoms with Gasteiger partial charge in [0.25, 0.3) is 0 Å². The average Bonchev–Trinajstić information content (AvgIpc) is 3.95. The molecule has 3 amide bonds. The van der Waals surface area contributed by atoms with Gasteiger partial charge in [-0.05, 0) is 130 Å². The Morgan fingerprint density at radius 3 is 1.16 bits per heavy atom. The summed E-state index contributed by atoms with van der Waals surface area (Å²) in [6.45, 7) is 7.90. The lowest BCUT2D eigenvalue weighted by molar-refractivity contribution is -0.368. The average molecular weight is 956 g/mol. The fraction of sp³-hybridized carbons (Fsp3) is 0.353. The zero-order valence-corrected chi connectivity index (χ0v) is 40.6. The summed E-state index contributed by atoms with van der Waals surface area (Å²) >= 11 is 0. The molecule has 364 valence electrons. The smallest absolute Gasteiger partial charge is 0.407 e. The molecule has 0 atom stereocenters. The van der Waals surface area contributed by atoms with Gasteiger partial charge in [0.2, 0.25) is 11.8 Å². The number of methoxy groups -OCH3 is 4. The molecule has 0 spiro atoms. The number of nitrogens with one attached hydrogen (secondary N) is 3. The van der Waals surface area contributed by atoms with Crippen molar-refractivity contribution >= 4 is 17.9 Å². The van der Waals surface area contributed by atoms with E-state index in [-0.39, 0.29) is 37.1 Å². The van der Waals surface area contributed by atoms with Gasteiger partial charge in [0.15, 0.2) is 11.5 Å². The first-order valence-corrected chi connectivity index (χ1v) is 22.2. The maximum atomic E-state index is 12.7. The Hall–Kier alpha value is -7.04. The van der Waals surface area contributed by atoms with Crippen molar-refractivity contribution in [2.75, 3.05) is 54.6 Å². The van der Waals surface area contributed by atoms with E-state index in [4.69, 9.17) is 32.7 Å². The third-order valence-corrected chi connectivity index (χ3v) is 10.2. The highest BCUT2D eigenvalue weighted by Gasteiger charge is 2.24. The van der Waals surface area contributed by atoms with Crippen LogP contribution in [0.25, 0.3) is 44.8 Å². The van der Waals surface area contributed by atoms with Gasteiger partial charge in [-0.1, -0.05) is 34.6 Å². The molecule has 2 heterocycles. The molecule has 6 N–H and O–H groups in total. The minimum atomic E-state index is -0.531. The molecule has 0 fully saturated rings. The molecular weight excluding hydrogens is 892 g/mol. The Balaban J connectivity index is 0.000000298. The third-order valence-electron chi connectivity index (χ3n) is 10.2. The molecule has 4 aromatic carbocycles. The molecule has 0 aliphatic heterocycles. The van der Waals surface area contributed by atoms with E-state index in [9.17, 15) is 14.4 Å². The van der Waals surface area contributed by atoms with Gasteiger partial charge < -0.3 is 66.8 Å². The van der Waals surface area contributed by atoms with Crippen LogP contribution >= 0.6 is 0 Å². The number of carbonyl (C=O) groups excluding carboxylic acids is 3. The van der Waals surface area contributed by atoms with Crippen LogP contribution in [0.1, 0.15) is 58.0 Å². The number of rotatable bonds is 21. The van der Waals surface area contributed by atoms with Gasteiger partial charge in [-0.25, -0.2) is 4.79 Å². The van der Waals surface area contributed by atoms with Gasteiger partial charge in [-0.15, -0.1) is 0 Å². The summed E-state index contributed by atoms with van der Waals surface area (Å²) in [4.78, 5) is 36.8. The van der Waals surface area contributed by atoms with E-state index in [2.05, 4.69) is 32.0 Å². The van der Waals surface area contributed by atoms with Crippen molar-refractivity contribution < 1.29 is 65.3 Å². The Kier molecular flexibility index (Phi) is 21.2. The number of hydrogen-bond acceptors (Lipinski definition) is 12. The van der Waals surface area contributed by atoms with Crippen LogP contribution in [-0.4, -0.2) is 88.4 Å². The molecule has 0 bridgehead atoms. The molecule has 0 saturated carbocycles. The number of alkyl carbamates (subject to hydrolysis) is 1. The van der Waals surface area contributed by atoms with Gasteiger partial charge in [0.1, 0.15) is 40.0 Å². The fourth-order valence-electron chi connectivity index (χ4n) is 6.82. The predicted molar refractivity (Wildman–Crippen MR) is 255 cm³/mol. The number of unbranched alkanes of at least 4 members (excludes halogenated alkanes) is 2. The van der Waals surface area contributed by atoms with E-state index in [1.807, 2.05) is 118 Å². The first-order chi connectivity index (χ1) is 32.4. The number of aromatic nitrogens is 2. The molecule has 0 aliphatic carbocycles. The molecule has 6 rings (SSSR count). The Morgan fingerprint density at radius 2 is 0.838 bits per heavy atom. The van der Waals surface area contributed by atoms with Crippen molar-refractivity contribution in [2.24, 2.45) is 0 Å². The van der Waals surface area contributed by atoms with Crippen LogP contribution < -0.4 is 53.0 Å². The van der Waals surface area contributed by atoms with Crippen molar-refractivity contribution in [3.8, 4) is 67.8 Å². The van der Waals surface area contributed by atoms with Gasteiger partial charge in [-0.2, -0.15) is 0 Å². The van der Waals surface area contributed by atoms with E-state index in [0.29, 0.717) is 55.4 Å². The zero-order valence-electron chi connectivity index (χ0n) is 39.9. The van der Waals surface area contributed by atoms with Gasteiger partial charge in [0.05, 0.1) is 59.0 Å². The minimum Gasteiger partial charge on any atom is -1.00 e. The maximum absolute atomic E-state index is 12.7. The summed E-state index contributed by atoms with van der Waals surface area (Å²) in [5.74, 6) is 3.71. The number of amides is 3. The molecule has 16 nitrogen and oxygen atoms in total. The fourth-order valence-corrected chi connectivity index (χ4v) is 6.82. The number of benzene rings is 4. The Labute approximate surface area is 404 Å². The van der Waals surface area contributed by atoms with Crippen LogP contribution in [0.15, 0.2) is 106 Å². The lowest BCUT2D eigenvalue weighted by Crippen LogP contribution is -3.00. The molecule has 68 heavy (non-hydrogen) atoms. The molecule has 0 radical (unpaired) electrons. The second-order valence-corrected chi connectivity index (χ2v) is 16.3. The monoisotopic (exact) mass is 954 g/mol. The van der Waals surface area contributed by atoms with Crippen LogP contribution in [0, 0.1) is 0 Å². The zero-order chi connectivity index (χ0) is 48.2. The number of nitrogens with zero attached hydrogens (tertiary/aromatic N) is 2. The Morgan fingerprint density at radius 1 is 0.515 bits per heavy atom. The second kappa shape index (κ2) is 26.9. The first-order valence-electron chi connectivity index (χ1n) is 22.2. The van der Waals surface area contributed by atoms with Crippen LogP contribution in [0.4, 0.5) is 4.79 Å². The van der Waals surface area contributed by atoms with Crippen molar-refractivity contribution in [1.29, 1.82) is 0 Å². The Bertz CT molecular complexity index is 2470. The normalized spacial score (nSPS) is 10.7. The SMILES string of the molecule is COc1ccc(-c2noc(CC(=O)NCCCCNC(=O)OC(C)(C)C)c2-c2ccc(OC)cc2)cc1.COc1ccc(-c2noc(CC(=O)NCCCC[NH3+])c2-c2ccc(OC)cc2)cc1.[Cl-]. The van der Waals surface area contributed by atoms with Gasteiger partial charge in [-0.3, -0.25) is 9.59 Å². The second-order valence-electron chi connectivity index (χ2n) is 16.3. The van der Waals surface area contributed by atoms with Crippen molar-refractivity contribution in [3.63, 3.8) is 0 Å². The molecule has 0 aliphatic rings. The van der Waals surface area contributed by atoms with E-state index in [1.165, 1.54) is 0 Å². The maximum Gasteiger partial charge on any atom is 0.407 e. The highest BCUT2D eigenvalue weighted by atomic mass is 35.5. The van der Waals surface area contributed by atoms with E-state index in [0.717, 1.165) is 75.8 Å². The van der Waals surface area contributed by atoms with Gasteiger partial charge >= 0.3 is 6.09 Å². The van der Waals surface area contributed by atoms with E-state index in [1.54, 1.807) is 28.4 Å². The highest BCUT2D eigenvalue weighted by Crippen LogP contribution is 2.38. The summed E-state index contributed by atoms with van der Waals surface area (Å²) in [6, 6.07) is 30.3. The van der Waals surface area contributed by atoms with Crippen molar-refractivity contribution in [1.82, 2.24) is 26.3 Å². The van der Waals surface area contributed by atoms with Crippen molar-refractivity contribution in [3.05, 3.63) is 109 Å². The van der Waals surface area contributed by atoms with E-state index < -0.39 is 11.7 Å². The lowest BCUT2D eigenvalue weighted by Gasteiger charge is -2.19. The number of carbonyl (C=O) groups is 3. The molecule has 0 saturated heterocycles. The summed E-state index contributed by atoms with van der Waals surface area (Å²) in [5, 5.41) is 17.1. The molecule has 6 aromatic rings.